The van der Waals surface area contributed by atoms with Gasteiger partial charge in [0.15, 0.2) is 0 Å². The van der Waals surface area contributed by atoms with Crippen LogP contribution in [0.1, 0.15) is 37.7 Å². The summed E-state index contributed by atoms with van der Waals surface area (Å²) in [7, 11) is 0. The zero-order valence-electron chi connectivity index (χ0n) is 11.1. The highest BCUT2D eigenvalue weighted by atomic mass is 16.7. The summed E-state index contributed by atoms with van der Waals surface area (Å²) in [5.41, 5.74) is 6.66. The van der Waals surface area contributed by atoms with Crippen molar-refractivity contribution >= 4 is 0 Å². The maximum absolute atomic E-state index is 5.51. The molecule has 2 rings (SSSR count). The van der Waals surface area contributed by atoms with Gasteiger partial charge in [0.2, 0.25) is 0 Å². The summed E-state index contributed by atoms with van der Waals surface area (Å²) in [5, 5.41) is 4.22. The van der Waals surface area contributed by atoms with Gasteiger partial charge in [0, 0.05) is 12.1 Å². The van der Waals surface area contributed by atoms with Gasteiger partial charge in [-0.1, -0.05) is 6.42 Å². The minimum absolute atomic E-state index is 0.683. The molecule has 1 saturated heterocycles. The van der Waals surface area contributed by atoms with Gasteiger partial charge in [-0.05, 0) is 45.3 Å². The Morgan fingerprint density at radius 3 is 2.83 bits per heavy atom. The molecule has 2 N–H and O–H groups in total. The lowest BCUT2D eigenvalue weighted by molar-refractivity contribution is 0.0796. The molecule has 18 heavy (non-hydrogen) atoms. The number of nitrogens with two attached hydrogens (primary N) is 1. The monoisotopic (exact) mass is 252 g/mol. The number of aromatic nitrogens is 2. The average molecular weight is 252 g/mol. The second-order valence-corrected chi connectivity index (χ2v) is 4.92. The van der Waals surface area contributed by atoms with E-state index in [9.17, 15) is 0 Å². The number of nitrogens with zero attached hydrogens (tertiary/aromatic N) is 3. The summed E-state index contributed by atoms with van der Waals surface area (Å²) in [6, 6.07) is 0. The van der Waals surface area contributed by atoms with Gasteiger partial charge in [0.1, 0.15) is 6.61 Å². The van der Waals surface area contributed by atoms with E-state index < -0.39 is 0 Å². The normalized spacial score (nSPS) is 16.9. The number of rotatable bonds is 7. The fourth-order valence-corrected chi connectivity index (χ4v) is 2.27. The Bertz CT molecular complexity index is 333. The van der Waals surface area contributed by atoms with Crippen LogP contribution < -0.4 is 10.6 Å². The van der Waals surface area contributed by atoms with E-state index in [-0.39, 0.29) is 0 Å². The molecule has 0 atom stereocenters. The fourth-order valence-electron chi connectivity index (χ4n) is 2.27. The van der Waals surface area contributed by atoms with Crippen molar-refractivity contribution in [3.63, 3.8) is 0 Å². The molecular weight excluding hydrogens is 228 g/mol. The van der Waals surface area contributed by atoms with E-state index in [1.54, 1.807) is 4.85 Å². The predicted octanol–water partition coefficient (Wildman–Crippen LogP) is 1.04. The van der Waals surface area contributed by atoms with Crippen molar-refractivity contribution in [3.8, 4) is 0 Å². The Morgan fingerprint density at radius 2 is 2.06 bits per heavy atom. The molecule has 0 aliphatic carbocycles. The van der Waals surface area contributed by atoms with Crippen molar-refractivity contribution in [2.75, 3.05) is 26.2 Å². The number of hydrogen-bond acceptors (Lipinski definition) is 4. The van der Waals surface area contributed by atoms with Crippen molar-refractivity contribution in [2.45, 2.75) is 38.6 Å². The van der Waals surface area contributed by atoms with Gasteiger partial charge in [-0.3, -0.25) is 4.90 Å². The summed E-state index contributed by atoms with van der Waals surface area (Å²) >= 11 is 0. The van der Waals surface area contributed by atoms with Gasteiger partial charge >= 0.3 is 0 Å². The number of piperidine rings is 1. The Hall–Kier alpha value is -1.07. The lowest BCUT2D eigenvalue weighted by atomic mass is 10.1. The molecule has 0 amide bonds. The molecule has 1 aliphatic heterocycles. The molecule has 5 nitrogen and oxygen atoms in total. The van der Waals surface area contributed by atoms with Crippen LogP contribution in [0.3, 0.4) is 0 Å². The van der Waals surface area contributed by atoms with Gasteiger partial charge in [0.25, 0.3) is 0 Å². The zero-order chi connectivity index (χ0) is 12.6. The number of likely N-dealkylation sites (tertiary alicyclic amines) is 1. The van der Waals surface area contributed by atoms with Gasteiger partial charge in [-0.15, -0.1) is 9.94 Å². The molecule has 0 aromatic carbocycles. The van der Waals surface area contributed by atoms with E-state index in [0.717, 1.165) is 25.9 Å². The van der Waals surface area contributed by atoms with Gasteiger partial charge < -0.3 is 10.6 Å². The first-order chi connectivity index (χ1) is 8.88. The predicted molar refractivity (Wildman–Crippen MR) is 71.1 cm³/mol. The lowest BCUT2D eigenvalue weighted by Gasteiger charge is -2.25. The first-order valence-electron chi connectivity index (χ1n) is 6.98. The Labute approximate surface area is 109 Å². The van der Waals surface area contributed by atoms with Crippen molar-refractivity contribution in [3.05, 3.63) is 18.0 Å². The topological polar surface area (TPSA) is 56.3 Å². The minimum Gasteiger partial charge on any atom is -0.397 e. The van der Waals surface area contributed by atoms with Crippen LogP contribution in [-0.2, 0) is 6.54 Å². The van der Waals surface area contributed by atoms with Crippen molar-refractivity contribution in [2.24, 2.45) is 5.73 Å². The summed E-state index contributed by atoms with van der Waals surface area (Å²) in [6.45, 7) is 4.82. The third-order valence-electron chi connectivity index (χ3n) is 3.29. The van der Waals surface area contributed by atoms with Crippen LogP contribution >= 0.6 is 0 Å². The molecule has 1 aliphatic rings. The van der Waals surface area contributed by atoms with Gasteiger partial charge in [-0.2, -0.15) is 0 Å². The van der Waals surface area contributed by atoms with E-state index in [1.807, 2.05) is 12.4 Å². The SMILES string of the molecule is NCCCCOn1cc(CN2CCCCC2)cn1. The van der Waals surface area contributed by atoms with E-state index in [4.69, 9.17) is 10.6 Å². The maximum atomic E-state index is 5.51. The van der Waals surface area contributed by atoms with Crippen LogP contribution in [0.4, 0.5) is 0 Å². The molecule has 0 spiro atoms. The first kappa shape index (κ1) is 13.4. The van der Waals surface area contributed by atoms with Gasteiger partial charge in [0.05, 0.1) is 12.4 Å². The van der Waals surface area contributed by atoms with Crippen molar-refractivity contribution < 1.29 is 4.84 Å². The lowest BCUT2D eigenvalue weighted by Crippen LogP contribution is -2.28. The molecule has 1 aromatic heterocycles. The second-order valence-electron chi connectivity index (χ2n) is 4.92. The highest BCUT2D eigenvalue weighted by molar-refractivity contribution is 5.03. The number of unbranched alkanes of at least 4 members (excludes halogenated alkanes) is 1. The third kappa shape index (κ3) is 4.31. The molecule has 2 heterocycles. The standard InChI is InChI=1S/C13H24N4O/c14-6-2-5-9-18-17-12-13(10-15-17)11-16-7-3-1-4-8-16/h10,12H,1-9,11,14H2. The van der Waals surface area contributed by atoms with Crippen LogP contribution in [0.2, 0.25) is 0 Å². The smallest absolute Gasteiger partial charge is 0.117 e. The molecular formula is C13H24N4O. The molecule has 5 heteroatoms. The highest BCUT2D eigenvalue weighted by Crippen LogP contribution is 2.12. The molecule has 0 radical (unpaired) electrons. The van der Waals surface area contributed by atoms with Crippen LogP contribution in [-0.4, -0.2) is 41.1 Å². The maximum Gasteiger partial charge on any atom is 0.117 e. The Balaban J connectivity index is 1.71. The Morgan fingerprint density at radius 1 is 1.22 bits per heavy atom. The highest BCUT2D eigenvalue weighted by Gasteiger charge is 2.11. The summed E-state index contributed by atoms with van der Waals surface area (Å²) in [6.07, 6.45) is 9.89. The molecule has 0 unspecified atom stereocenters. The molecule has 0 saturated carbocycles. The number of hydrogen-bond donors (Lipinski definition) is 1. The summed E-state index contributed by atoms with van der Waals surface area (Å²) in [4.78, 5) is 9.57. The molecule has 102 valence electrons. The second kappa shape index (κ2) is 7.38. The van der Waals surface area contributed by atoms with E-state index in [2.05, 4.69) is 10.00 Å². The van der Waals surface area contributed by atoms with Crippen LogP contribution in [0, 0.1) is 0 Å². The first-order valence-corrected chi connectivity index (χ1v) is 6.98. The van der Waals surface area contributed by atoms with Crippen molar-refractivity contribution in [1.29, 1.82) is 0 Å². The fraction of sp³-hybridized carbons (Fsp3) is 0.769. The van der Waals surface area contributed by atoms with Crippen LogP contribution in [0.5, 0.6) is 0 Å². The quantitative estimate of drug-likeness (QED) is 0.737. The summed E-state index contributed by atoms with van der Waals surface area (Å²) < 4.78 is 0. The van der Waals surface area contributed by atoms with Crippen LogP contribution in [0.25, 0.3) is 0 Å². The average Bonchev–Trinajstić information content (AvgIpc) is 2.84. The van der Waals surface area contributed by atoms with Crippen LogP contribution in [0.15, 0.2) is 12.4 Å². The molecule has 1 fully saturated rings. The summed E-state index contributed by atoms with van der Waals surface area (Å²) in [5.74, 6) is 0. The Kier molecular flexibility index (Phi) is 5.48. The van der Waals surface area contributed by atoms with Gasteiger partial charge in [-0.25, -0.2) is 0 Å². The largest absolute Gasteiger partial charge is 0.397 e. The molecule has 0 bridgehead atoms. The van der Waals surface area contributed by atoms with E-state index >= 15 is 0 Å². The van der Waals surface area contributed by atoms with Crippen molar-refractivity contribution in [1.82, 2.24) is 14.8 Å². The third-order valence-corrected chi connectivity index (χ3v) is 3.29. The zero-order valence-corrected chi connectivity index (χ0v) is 11.1. The minimum atomic E-state index is 0.683. The van der Waals surface area contributed by atoms with E-state index in [0.29, 0.717) is 6.61 Å². The molecule has 1 aromatic rings. The van der Waals surface area contributed by atoms with E-state index in [1.165, 1.54) is 37.9 Å².